The predicted octanol–water partition coefficient (Wildman–Crippen LogP) is 6.51. The highest BCUT2D eigenvalue weighted by Gasteiger charge is 2.58. The number of hydrogen-bond acceptors (Lipinski definition) is 0. The summed E-state index contributed by atoms with van der Waals surface area (Å²) in [5.74, 6) is -7.11. The number of allylic oxidation sites excluding steroid dienone is 1. The van der Waals surface area contributed by atoms with Gasteiger partial charge in [-0.15, -0.1) is 0 Å². The first-order valence-corrected chi connectivity index (χ1v) is 8.44. The zero-order valence-corrected chi connectivity index (χ0v) is 13.3. The Hall–Kier alpha value is -1.32. The quantitative estimate of drug-likeness (QED) is 0.555. The summed E-state index contributed by atoms with van der Waals surface area (Å²) in [5.41, 5.74) is 0.673. The van der Waals surface area contributed by atoms with Crippen molar-refractivity contribution in [2.24, 2.45) is 5.92 Å². The average molecular weight is 326 g/mol. The summed E-state index contributed by atoms with van der Waals surface area (Å²) in [7, 11) is 0. The van der Waals surface area contributed by atoms with E-state index in [0.29, 0.717) is 12.0 Å². The van der Waals surface area contributed by atoms with Crippen molar-refractivity contribution in [1.29, 1.82) is 0 Å². The summed E-state index contributed by atoms with van der Waals surface area (Å²) in [4.78, 5) is 0. The number of benzene rings is 1. The summed E-state index contributed by atoms with van der Waals surface area (Å²) in [5, 5.41) is 0. The molecule has 1 saturated carbocycles. The fourth-order valence-electron chi connectivity index (χ4n) is 3.93. The molecular formula is C19H22F4. The molecule has 0 aromatic heterocycles. The lowest BCUT2D eigenvalue weighted by molar-refractivity contribution is -0.187. The smallest absolute Gasteiger partial charge is 0.195 e. The lowest BCUT2D eigenvalue weighted by Crippen LogP contribution is -2.38. The van der Waals surface area contributed by atoms with E-state index >= 15 is 0 Å². The monoisotopic (exact) mass is 326 g/mol. The van der Waals surface area contributed by atoms with Crippen molar-refractivity contribution in [1.82, 2.24) is 0 Å². The standard InChI is InChI=1S/C19H22F4/c1-2-3-13-4-6-14(7-5-13)15-8-9-17-16(12-15)10-11-18(20,21)19(17,22)23/h8-14H,2-7H2,1H3. The van der Waals surface area contributed by atoms with Gasteiger partial charge in [-0.25, -0.2) is 0 Å². The van der Waals surface area contributed by atoms with Crippen molar-refractivity contribution in [3.63, 3.8) is 0 Å². The lowest BCUT2D eigenvalue weighted by atomic mass is 9.76. The molecule has 126 valence electrons. The maximum absolute atomic E-state index is 13.9. The summed E-state index contributed by atoms with van der Waals surface area (Å²) >= 11 is 0. The molecule has 1 aromatic rings. The van der Waals surface area contributed by atoms with Crippen molar-refractivity contribution in [3.8, 4) is 0 Å². The van der Waals surface area contributed by atoms with Gasteiger partial charge < -0.3 is 0 Å². The summed E-state index contributed by atoms with van der Waals surface area (Å²) in [6.45, 7) is 2.19. The highest BCUT2D eigenvalue weighted by atomic mass is 19.3. The fourth-order valence-corrected chi connectivity index (χ4v) is 3.93. The third-order valence-electron chi connectivity index (χ3n) is 5.32. The summed E-state index contributed by atoms with van der Waals surface area (Å²) in [6.07, 6.45) is 8.36. The van der Waals surface area contributed by atoms with E-state index in [4.69, 9.17) is 0 Å². The van der Waals surface area contributed by atoms with Crippen LogP contribution in [0, 0.1) is 5.92 Å². The largest absolute Gasteiger partial charge is 0.339 e. The highest BCUT2D eigenvalue weighted by molar-refractivity contribution is 5.61. The second kappa shape index (κ2) is 5.95. The van der Waals surface area contributed by atoms with Crippen LogP contribution in [0.15, 0.2) is 24.3 Å². The zero-order valence-electron chi connectivity index (χ0n) is 13.3. The van der Waals surface area contributed by atoms with Crippen molar-refractivity contribution in [2.75, 3.05) is 0 Å². The normalized spacial score (nSPS) is 28.4. The molecule has 0 heterocycles. The van der Waals surface area contributed by atoms with Gasteiger partial charge in [0.1, 0.15) is 0 Å². The Morgan fingerprint density at radius 1 is 1.04 bits per heavy atom. The van der Waals surface area contributed by atoms with Crippen molar-refractivity contribution in [3.05, 3.63) is 41.0 Å². The molecule has 1 fully saturated rings. The van der Waals surface area contributed by atoms with E-state index < -0.39 is 17.4 Å². The molecule has 3 rings (SSSR count). The fraction of sp³-hybridized carbons (Fsp3) is 0.579. The van der Waals surface area contributed by atoms with E-state index in [1.165, 1.54) is 31.7 Å². The SMILES string of the molecule is CCCC1CCC(c2ccc3c(c2)C=CC(F)(F)C3(F)F)CC1. The van der Waals surface area contributed by atoms with Crippen molar-refractivity contribution in [2.45, 2.75) is 63.2 Å². The van der Waals surface area contributed by atoms with Gasteiger partial charge in [0.2, 0.25) is 0 Å². The minimum atomic E-state index is -4.13. The minimum absolute atomic E-state index is 0.231. The highest BCUT2D eigenvalue weighted by Crippen LogP contribution is 2.49. The Balaban J connectivity index is 1.81. The van der Waals surface area contributed by atoms with Crippen LogP contribution >= 0.6 is 0 Å². The van der Waals surface area contributed by atoms with Crippen LogP contribution in [0.4, 0.5) is 17.6 Å². The Bertz CT molecular complexity index is 595. The van der Waals surface area contributed by atoms with Gasteiger partial charge in [0.05, 0.1) is 0 Å². The van der Waals surface area contributed by atoms with Gasteiger partial charge in [-0.05, 0) is 54.7 Å². The molecule has 0 spiro atoms. The maximum Gasteiger partial charge on any atom is 0.339 e. The molecular weight excluding hydrogens is 304 g/mol. The van der Waals surface area contributed by atoms with E-state index in [2.05, 4.69) is 6.92 Å². The molecule has 1 aromatic carbocycles. The van der Waals surface area contributed by atoms with E-state index in [0.717, 1.165) is 30.4 Å². The number of alkyl halides is 4. The van der Waals surface area contributed by atoms with Gasteiger partial charge in [0.15, 0.2) is 0 Å². The molecule has 0 unspecified atom stereocenters. The molecule has 2 aliphatic carbocycles. The average Bonchev–Trinajstić information content (AvgIpc) is 2.52. The first-order valence-electron chi connectivity index (χ1n) is 8.44. The van der Waals surface area contributed by atoms with Crippen LogP contribution in [-0.4, -0.2) is 5.92 Å². The first kappa shape index (κ1) is 16.5. The van der Waals surface area contributed by atoms with Gasteiger partial charge in [-0.2, -0.15) is 17.6 Å². The van der Waals surface area contributed by atoms with Crippen LogP contribution in [-0.2, 0) is 5.92 Å². The van der Waals surface area contributed by atoms with Crippen LogP contribution in [0.3, 0.4) is 0 Å². The molecule has 0 atom stereocenters. The zero-order chi connectivity index (χ0) is 16.7. The molecule has 0 nitrogen and oxygen atoms in total. The third-order valence-corrected chi connectivity index (χ3v) is 5.32. The van der Waals surface area contributed by atoms with E-state index in [1.807, 2.05) is 0 Å². The minimum Gasteiger partial charge on any atom is -0.195 e. The number of rotatable bonds is 3. The third kappa shape index (κ3) is 2.92. The van der Waals surface area contributed by atoms with Crippen LogP contribution in [0.2, 0.25) is 0 Å². The number of fused-ring (bicyclic) bond motifs is 1. The van der Waals surface area contributed by atoms with Crippen molar-refractivity contribution >= 4 is 6.08 Å². The molecule has 0 N–H and O–H groups in total. The van der Waals surface area contributed by atoms with Crippen LogP contribution < -0.4 is 0 Å². The van der Waals surface area contributed by atoms with Gasteiger partial charge >= 0.3 is 11.8 Å². The van der Waals surface area contributed by atoms with Gasteiger partial charge in [0, 0.05) is 5.56 Å². The molecule has 23 heavy (non-hydrogen) atoms. The van der Waals surface area contributed by atoms with Crippen LogP contribution in [0.25, 0.3) is 6.08 Å². The first-order chi connectivity index (χ1) is 10.8. The second-order valence-electron chi connectivity index (χ2n) is 6.88. The van der Waals surface area contributed by atoms with E-state index in [9.17, 15) is 17.6 Å². The van der Waals surface area contributed by atoms with E-state index in [-0.39, 0.29) is 5.56 Å². The Morgan fingerprint density at radius 3 is 2.39 bits per heavy atom. The molecule has 4 heteroatoms. The number of halogens is 4. The molecule has 0 radical (unpaired) electrons. The van der Waals surface area contributed by atoms with Crippen LogP contribution in [0.5, 0.6) is 0 Å². The van der Waals surface area contributed by atoms with Gasteiger partial charge in [0.25, 0.3) is 0 Å². The number of hydrogen-bond donors (Lipinski definition) is 0. The Labute approximate surface area is 134 Å². The van der Waals surface area contributed by atoms with E-state index in [1.54, 1.807) is 12.1 Å². The van der Waals surface area contributed by atoms with Crippen molar-refractivity contribution < 1.29 is 17.6 Å². The second-order valence-corrected chi connectivity index (χ2v) is 6.88. The van der Waals surface area contributed by atoms with Crippen LogP contribution in [0.1, 0.15) is 68.1 Å². The molecule has 2 aliphatic rings. The molecule has 0 aliphatic heterocycles. The molecule has 0 bridgehead atoms. The van der Waals surface area contributed by atoms with Gasteiger partial charge in [-0.1, -0.05) is 44.0 Å². The molecule has 0 saturated heterocycles. The summed E-state index contributed by atoms with van der Waals surface area (Å²) in [6, 6.07) is 4.49. The summed E-state index contributed by atoms with van der Waals surface area (Å²) < 4.78 is 54.6. The Kier molecular flexibility index (Phi) is 4.28. The Morgan fingerprint density at radius 2 is 1.74 bits per heavy atom. The predicted molar refractivity (Wildman–Crippen MR) is 83.9 cm³/mol. The topological polar surface area (TPSA) is 0 Å². The maximum atomic E-state index is 13.9. The molecule has 0 amide bonds. The van der Waals surface area contributed by atoms with Gasteiger partial charge in [-0.3, -0.25) is 0 Å². The lowest BCUT2D eigenvalue weighted by Gasteiger charge is -2.31.